The first-order chi connectivity index (χ1) is 22.8. The van der Waals surface area contributed by atoms with Crippen LogP contribution in [0.1, 0.15) is 44.4 Å². The van der Waals surface area contributed by atoms with E-state index in [4.69, 9.17) is 9.47 Å². The molecule has 0 aliphatic heterocycles. The maximum Gasteiger partial charge on any atom is 0.408 e. The number of carbonyl (C=O) groups is 5. The number of nitrogens with one attached hydrogen (secondary N) is 4. The van der Waals surface area contributed by atoms with Crippen molar-refractivity contribution in [3.63, 3.8) is 0 Å². The topological polar surface area (TPSA) is 172 Å². The van der Waals surface area contributed by atoms with E-state index in [-0.39, 0.29) is 31.6 Å². The highest BCUT2D eigenvalue weighted by atomic mass is 16.6. The fourth-order valence-corrected chi connectivity index (χ4v) is 4.68. The van der Waals surface area contributed by atoms with Gasteiger partial charge in [-0.1, -0.05) is 72.8 Å². The Balaban J connectivity index is 1.83. The SMILES string of the molecule is CCOC(=O)C(Cc1ccc(O)cc1)NC(=O)C(Cc1ccccc1)NC(=O)C(Cc1ccccc1)NC(=O)CNC(=O)OC(C)(C)C. The summed E-state index contributed by atoms with van der Waals surface area (Å²) < 4.78 is 10.4. The first-order valence-electron chi connectivity index (χ1n) is 15.7. The number of carbonyl (C=O) groups excluding carboxylic acids is 5. The summed E-state index contributed by atoms with van der Waals surface area (Å²) in [4.78, 5) is 65.5. The van der Waals surface area contributed by atoms with Crippen molar-refractivity contribution in [2.24, 2.45) is 0 Å². The molecule has 3 atom stereocenters. The standard InChI is InChI=1S/C36H44N4O8/c1-5-47-34(45)30(22-26-16-18-27(41)19-17-26)40-33(44)29(21-25-14-10-7-11-15-25)39-32(43)28(20-24-12-8-6-9-13-24)38-31(42)23-37-35(46)48-36(2,3)4/h6-19,28-30,41H,5,20-23H2,1-4H3,(H,37,46)(H,38,42)(H,39,43)(H,40,44). The molecule has 0 aromatic heterocycles. The Kier molecular flexibility index (Phi) is 14.0. The predicted molar refractivity (Wildman–Crippen MR) is 179 cm³/mol. The molecular formula is C36H44N4O8. The minimum absolute atomic E-state index is 0.0545. The van der Waals surface area contributed by atoms with Crippen molar-refractivity contribution in [1.82, 2.24) is 21.3 Å². The number of rotatable bonds is 15. The van der Waals surface area contributed by atoms with Crippen LogP contribution in [0.25, 0.3) is 0 Å². The zero-order chi connectivity index (χ0) is 35.1. The lowest BCUT2D eigenvalue weighted by molar-refractivity contribution is -0.147. The van der Waals surface area contributed by atoms with Crippen molar-refractivity contribution < 1.29 is 38.6 Å². The summed E-state index contributed by atoms with van der Waals surface area (Å²) in [6.45, 7) is 6.38. The highest BCUT2D eigenvalue weighted by Crippen LogP contribution is 2.13. The minimum Gasteiger partial charge on any atom is -0.508 e. The summed E-state index contributed by atoms with van der Waals surface area (Å²) in [5, 5.41) is 20.2. The Morgan fingerprint density at radius 1 is 0.667 bits per heavy atom. The molecule has 3 rings (SSSR count). The molecule has 0 radical (unpaired) electrons. The Bertz CT molecular complexity index is 1510. The normalized spacial score (nSPS) is 12.8. The quantitative estimate of drug-likeness (QED) is 0.155. The number of ether oxygens (including phenoxy) is 2. The molecule has 48 heavy (non-hydrogen) atoms. The van der Waals surface area contributed by atoms with Crippen LogP contribution in [-0.4, -0.2) is 71.8 Å². The van der Waals surface area contributed by atoms with Gasteiger partial charge < -0.3 is 35.8 Å². The van der Waals surface area contributed by atoms with Gasteiger partial charge in [0.1, 0.15) is 36.0 Å². The number of alkyl carbamates (subject to hydrolysis) is 1. The molecule has 12 nitrogen and oxygen atoms in total. The van der Waals surface area contributed by atoms with Crippen LogP contribution in [0, 0.1) is 0 Å². The van der Waals surface area contributed by atoms with E-state index in [2.05, 4.69) is 21.3 Å². The van der Waals surface area contributed by atoms with Gasteiger partial charge in [0.15, 0.2) is 0 Å². The van der Waals surface area contributed by atoms with Gasteiger partial charge in [-0.3, -0.25) is 14.4 Å². The van der Waals surface area contributed by atoms with E-state index in [1.165, 1.54) is 12.1 Å². The summed E-state index contributed by atoms with van der Waals surface area (Å²) in [5.41, 5.74) is 1.40. The first kappa shape index (κ1) is 37.1. The number of esters is 1. The van der Waals surface area contributed by atoms with Gasteiger partial charge in [-0.2, -0.15) is 0 Å². The average molecular weight is 661 g/mol. The third-order valence-electron chi connectivity index (χ3n) is 6.91. The van der Waals surface area contributed by atoms with Gasteiger partial charge in [0.25, 0.3) is 0 Å². The summed E-state index contributed by atoms with van der Waals surface area (Å²) >= 11 is 0. The molecule has 12 heteroatoms. The zero-order valence-electron chi connectivity index (χ0n) is 27.7. The second-order valence-electron chi connectivity index (χ2n) is 12.1. The van der Waals surface area contributed by atoms with Crippen LogP contribution < -0.4 is 21.3 Å². The van der Waals surface area contributed by atoms with E-state index in [0.717, 1.165) is 11.1 Å². The molecule has 3 unspecified atom stereocenters. The predicted octanol–water partition coefficient (Wildman–Crippen LogP) is 2.96. The van der Waals surface area contributed by atoms with E-state index in [1.807, 2.05) is 12.1 Å². The van der Waals surface area contributed by atoms with Crippen LogP contribution in [0.4, 0.5) is 4.79 Å². The van der Waals surface area contributed by atoms with E-state index in [0.29, 0.717) is 5.56 Å². The summed E-state index contributed by atoms with van der Waals surface area (Å²) in [7, 11) is 0. The summed E-state index contributed by atoms with van der Waals surface area (Å²) in [5.74, 6) is -2.53. The molecule has 0 bridgehead atoms. The first-order valence-corrected chi connectivity index (χ1v) is 15.7. The lowest BCUT2D eigenvalue weighted by Crippen LogP contribution is -2.57. The number of hydrogen-bond acceptors (Lipinski definition) is 8. The molecule has 0 saturated carbocycles. The van der Waals surface area contributed by atoms with E-state index >= 15 is 0 Å². The number of phenols is 1. The van der Waals surface area contributed by atoms with Gasteiger partial charge >= 0.3 is 12.1 Å². The second kappa shape index (κ2) is 18.1. The largest absolute Gasteiger partial charge is 0.508 e. The van der Waals surface area contributed by atoms with E-state index in [9.17, 15) is 29.1 Å². The van der Waals surface area contributed by atoms with Crippen molar-refractivity contribution in [2.75, 3.05) is 13.2 Å². The van der Waals surface area contributed by atoms with Gasteiger partial charge in [0, 0.05) is 19.3 Å². The Labute approximate surface area is 280 Å². The average Bonchev–Trinajstić information content (AvgIpc) is 3.04. The fraction of sp³-hybridized carbons (Fsp3) is 0.361. The highest BCUT2D eigenvalue weighted by Gasteiger charge is 2.31. The third-order valence-corrected chi connectivity index (χ3v) is 6.91. The van der Waals surface area contributed by atoms with Crippen molar-refractivity contribution in [2.45, 2.75) is 70.7 Å². The minimum atomic E-state index is -1.15. The molecule has 3 aromatic carbocycles. The molecule has 3 aromatic rings. The zero-order valence-corrected chi connectivity index (χ0v) is 27.7. The molecule has 0 aliphatic rings. The molecule has 0 heterocycles. The number of benzene rings is 3. The maximum atomic E-state index is 13.8. The van der Waals surface area contributed by atoms with Gasteiger partial charge in [-0.05, 0) is 56.5 Å². The lowest BCUT2D eigenvalue weighted by atomic mass is 10.0. The van der Waals surface area contributed by atoms with Gasteiger partial charge in [0.05, 0.1) is 6.61 Å². The van der Waals surface area contributed by atoms with Gasteiger partial charge in [-0.25, -0.2) is 9.59 Å². The Morgan fingerprint density at radius 2 is 1.12 bits per heavy atom. The van der Waals surface area contributed by atoms with Crippen molar-refractivity contribution in [3.8, 4) is 5.75 Å². The van der Waals surface area contributed by atoms with E-state index < -0.39 is 60.1 Å². The molecular weight excluding hydrogens is 616 g/mol. The highest BCUT2D eigenvalue weighted by molar-refractivity contribution is 5.94. The van der Waals surface area contributed by atoms with Gasteiger partial charge in [0.2, 0.25) is 17.7 Å². The van der Waals surface area contributed by atoms with Crippen LogP contribution in [0.2, 0.25) is 0 Å². The molecule has 0 fully saturated rings. The lowest BCUT2D eigenvalue weighted by Gasteiger charge is -2.25. The number of amides is 4. The number of hydrogen-bond donors (Lipinski definition) is 5. The van der Waals surface area contributed by atoms with Crippen molar-refractivity contribution in [1.29, 1.82) is 0 Å². The Hall–Kier alpha value is -5.39. The third kappa shape index (κ3) is 13.1. The number of phenolic OH excluding ortho intramolecular Hbond substituents is 1. The van der Waals surface area contributed by atoms with Crippen LogP contribution in [0.15, 0.2) is 84.9 Å². The second-order valence-corrected chi connectivity index (χ2v) is 12.1. The maximum absolute atomic E-state index is 13.8. The van der Waals surface area contributed by atoms with Crippen molar-refractivity contribution in [3.05, 3.63) is 102 Å². The molecule has 0 saturated heterocycles. The monoisotopic (exact) mass is 660 g/mol. The molecule has 4 amide bonds. The molecule has 0 aliphatic carbocycles. The summed E-state index contributed by atoms with van der Waals surface area (Å²) in [6.07, 6.45) is -0.533. The smallest absolute Gasteiger partial charge is 0.408 e. The van der Waals surface area contributed by atoms with Gasteiger partial charge in [-0.15, -0.1) is 0 Å². The molecule has 5 N–H and O–H groups in total. The van der Waals surface area contributed by atoms with Crippen LogP contribution in [-0.2, 0) is 47.9 Å². The Morgan fingerprint density at radius 3 is 1.62 bits per heavy atom. The summed E-state index contributed by atoms with van der Waals surface area (Å²) in [6, 6.07) is 20.9. The molecule has 256 valence electrons. The molecule has 0 spiro atoms. The van der Waals surface area contributed by atoms with Crippen molar-refractivity contribution >= 4 is 29.8 Å². The number of aromatic hydroxyl groups is 1. The van der Waals surface area contributed by atoms with Crippen LogP contribution in [0.3, 0.4) is 0 Å². The van der Waals surface area contributed by atoms with E-state index in [1.54, 1.807) is 88.4 Å². The fourth-order valence-electron chi connectivity index (χ4n) is 4.68. The van der Waals surface area contributed by atoms with Crippen LogP contribution in [0.5, 0.6) is 5.75 Å². The van der Waals surface area contributed by atoms with Crippen LogP contribution >= 0.6 is 0 Å².